The lowest BCUT2D eigenvalue weighted by molar-refractivity contribution is 0.148. The van der Waals surface area contributed by atoms with Crippen LogP contribution in [0.1, 0.15) is 31.7 Å². The van der Waals surface area contributed by atoms with Gasteiger partial charge in [-0.2, -0.15) is 10.2 Å². The number of rotatable bonds is 4. The largest absolute Gasteiger partial charge is 0.393 e. The van der Waals surface area contributed by atoms with E-state index >= 15 is 0 Å². The van der Waals surface area contributed by atoms with E-state index in [1.165, 1.54) is 0 Å². The van der Waals surface area contributed by atoms with E-state index in [0.717, 1.165) is 28.6 Å². The van der Waals surface area contributed by atoms with Gasteiger partial charge in [-0.3, -0.25) is 0 Å². The standard InChI is InChI=1S/C15H20N2O/c1-10(2)8-12(18)9-15-14-7-5-4-6-13(14)11(3)16-17-15/h4-7,10,12,18H,8-9H2,1-3H3. The number of aliphatic hydroxyl groups excluding tert-OH is 1. The Morgan fingerprint density at radius 2 is 1.78 bits per heavy atom. The van der Waals surface area contributed by atoms with Crippen molar-refractivity contribution < 1.29 is 5.11 Å². The first kappa shape index (κ1) is 13.0. The second kappa shape index (κ2) is 5.44. The Morgan fingerprint density at radius 3 is 2.44 bits per heavy atom. The Kier molecular flexibility index (Phi) is 3.92. The van der Waals surface area contributed by atoms with Crippen LogP contribution < -0.4 is 0 Å². The molecule has 1 aromatic carbocycles. The number of hydrogen-bond donors (Lipinski definition) is 1. The normalized spacial score (nSPS) is 13.2. The zero-order valence-corrected chi connectivity index (χ0v) is 11.2. The number of aryl methyl sites for hydroxylation is 1. The molecule has 0 spiro atoms. The van der Waals surface area contributed by atoms with Crippen molar-refractivity contribution in [3.05, 3.63) is 35.7 Å². The molecule has 0 fully saturated rings. The molecule has 0 aliphatic rings. The lowest BCUT2D eigenvalue weighted by atomic mass is 9.99. The summed E-state index contributed by atoms with van der Waals surface area (Å²) in [5, 5.41) is 20.7. The minimum absolute atomic E-state index is 0.342. The van der Waals surface area contributed by atoms with Crippen molar-refractivity contribution in [3.63, 3.8) is 0 Å². The molecule has 3 heteroatoms. The van der Waals surface area contributed by atoms with Gasteiger partial charge in [-0.15, -0.1) is 0 Å². The maximum Gasteiger partial charge on any atom is 0.0735 e. The zero-order valence-electron chi connectivity index (χ0n) is 11.2. The van der Waals surface area contributed by atoms with Crippen LogP contribution in [0.2, 0.25) is 0 Å². The molecule has 1 atom stereocenters. The van der Waals surface area contributed by atoms with Gasteiger partial charge in [0.1, 0.15) is 0 Å². The third kappa shape index (κ3) is 2.85. The number of nitrogens with zero attached hydrogens (tertiary/aromatic N) is 2. The van der Waals surface area contributed by atoms with E-state index in [9.17, 15) is 5.11 Å². The first-order chi connectivity index (χ1) is 8.58. The highest BCUT2D eigenvalue weighted by Gasteiger charge is 2.12. The van der Waals surface area contributed by atoms with Gasteiger partial charge in [0.15, 0.2) is 0 Å². The molecule has 18 heavy (non-hydrogen) atoms. The molecule has 0 aliphatic carbocycles. The van der Waals surface area contributed by atoms with Crippen molar-refractivity contribution in [3.8, 4) is 0 Å². The van der Waals surface area contributed by atoms with Crippen LogP contribution in [0.25, 0.3) is 10.8 Å². The quantitative estimate of drug-likeness (QED) is 0.899. The van der Waals surface area contributed by atoms with Crippen LogP contribution in [0, 0.1) is 12.8 Å². The molecule has 0 saturated carbocycles. The fourth-order valence-electron chi connectivity index (χ4n) is 2.29. The van der Waals surface area contributed by atoms with Crippen molar-refractivity contribution in [1.29, 1.82) is 0 Å². The summed E-state index contributed by atoms with van der Waals surface area (Å²) < 4.78 is 0. The second-order valence-electron chi connectivity index (χ2n) is 5.27. The molecule has 0 bridgehead atoms. The van der Waals surface area contributed by atoms with E-state index in [1.807, 2.05) is 19.1 Å². The third-order valence-electron chi connectivity index (χ3n) is 3.12. The maximum absolute atomic E-state index is 10.0. The number of aromatic nitrogens is 2. The summed E-state index contributed by atoms with van der Waals surface area (Å²) >= 11 is 0. The molecular formula is C15H20N2O. The van der Waals surface area contributed by atoms with E-state index in [4.69, 9.17) is 0 Å². The molecule has 0 radical (unpaired) electrons. The first-order valence-corrected chi connectivity index (χ1v) is 6.47. The molecule has 0 aliphatic heterocycles. The van der Waals surface area contributed by atoms with Crippen LogP contribution in [0.4, 0.5) is 0 Å². The predicted octanol–water partition coefficient (Wildman–Crippen LogP) is 2.89. The van der Waals surface area contributed by atoms with Gasteiger partial charge in [0.05, 0.1) is 17.5 Å². The second-order valence-corrected chi connectivity index (χ2v) is 5.27. The van der Waals surface area contributed by atoms with Crippen LogP contribution in [0.5, 0.6) is 0 Å². The minimum atomic E-state index is -0.342. The lowest BCUT2D eigenvalue weighted by Crippen LogP contribution is -2.15. The summed E-state index contributed by atoms with van der Waals surface area (Å²) in [6.45, 7) is 6.19. The lowest BCUT2D eigenvalue weighted by Gasteiger charge is -2.13. The highest BCUT2D eigenvalue weighted by atomic mass is 16.3. The van der Waals surface area contributed by atoms with Gasteiger partial charge < -0.3 is 5.11 Å². The molecule has 0 saturated heterocycles. The van der Waals surface area contributed by atoms with E-state index in [2.05, 4.69) is 36.2 Å². The Morgan fingerprint density at radius 1 is 1.11 bits per heavy atom. The summed E-state index contributed by atoms with van der Waals surface area (Å²) in [5.41, 5.74) is 1.83. The highest BCUT2D eigenvalue weighted by molar-refractivity contribution is 5.86. The summed E-state index contributed by atoms with van der Waals surface area (Å²) in [7, 11) is 0. The van der Waals surface area contributed by atoms with Gasteiger partial charge >= 0.3 is 0 Å². The van der Waals surface area contributed by atoms with Crippen LogP contribution in [0.15, 0.2) is 24.3 Å². The molecule has 3 nitrogen and oxygen atoms in total. The minimum Gasteiger partial charge on any atom is -0.393 e. The van der Waals surface area contributed by atoms with Gasteiger partial charge in [-0.05, 0) is 19.3 Å². The Balaban J connectivity index is 2.31. The first-order valence-electron chi connectivity index (χ1n) is 6.47. The number of hydrogen-bond acceptors (Lipinski definition) is 3. The Hall–Kier alpha value is -1.48. The summed E-state index contributed by atoms with van der Waals surface area (Å²) in [6.07, 6.45) is 1.03. The van der Waals surface area contributed by atoms with Crippen molar-refractivity contribution >= 4 is 10.8 Å². The number of aliphatic hydroxyl groups is 1. The fourth-order valence-corrected chi connectivity index (χ4v) is 2.29. The van der Waals surface area contributed by atoms with Crippen LogP contribution in [-0.2, 0) is 6.42 Å². The van der Waals surface area contributed by atoms with Gasteiger partial charge in [0, 0.05) is 17.2 Å². The average Bonchev–Trinajstić information content (AvgIpc) is 2.32. The Labute approximate surface area is 108 Å². The molecule has 2 aromatic rings. The van der Waals surface area contributed by atoms with Crippen molar-refractivity contribution in [2.24, 2.45) is 5.92 Å². The SMILES string of the molecule is Cc1nnc(CC(O)CC(C)C)c2ccccc12. The smallest absolute Gasteiger partial charge is 0.0735 e. The van der Waals surface area contributed by atoms with E-state index < -0.39 is 0 Å². The molecule has 1 aromatic heterocycles. The van der Waals surface area contributed by atoms with E-state index in [1.54, 1.807) is 0 Å². The maximum atomic E-state index is 10.0. The highest BCUT2D eigenvalue weighted by Crippen LogP contribution is 2.20. The van der Waals surface area contributed by atoms with Crippen LogP contribution in [0.3, 0.4) is 0 Å². The third-order valence-corrected chi connectivity index (χ3v) is 3.12. The molecule has 1 N–H and O–H groups in total. The van der Waals surface area contributed by atoms with Crippen molar-refractivity contribution in [2.75, 3.05) is 0 Å². The fraction of sp³-hybridized carbons (Fsp3) is 0.467. The van der Waals surface area contributed by atoms with E-state index in [-0.39, 0.29) is 6.10 Å². The topological polar surface area (TPSA) is 46.0 Å². The average molecular weight is 244 g/mol. The molecule has 2 rings (SSSR count). The summed E-state index contributed by atoms with van der Waals surface area (Å²) in [5.74, 6) is 0.490. The van der Waals surface area contributed by atoms with Crippen LogP contribution >= 0.6 is 0 Å². The number of benzene rings is 1. The monoisotopic (exact) mass is 244 g/mol. The van der Waals surface area contributed by atoms with Crippen molar-refractivity contribution in [1.82, 2.24) is 10.2 Å². The summed E-state index contributed by atoms with van der Waals surface area (Å²) in [4.78, 5) is 0. The van der Waals surface area contributed by atoms with Gasteiger partial charge in [0.2, 0.25) is 0 Å². The molecule has 96 valence electrons. The number of fused-ring (bicyclic) bond motifs is 1. The van der Waals surface area contributed by atoms with E-state index in [0.29, 0.717) is 12.3 Å². The molecule has 0 amide bonds. The summed E-state index contributed by atoms with van der Waals surface area (Å²) in [6, 6.07) is 8.11. The van der Waals surface area contributed by atoms with Gasteiger partial charge in [-0.1, -0.05) is 38.1 Å². The molecule has 1 heterocycles. The van der Waals surface area contributed by atoms with Gasteiger partial charge in [-0.25, -0.2) is 0 Å². The zero-order chi connectivity index (χ0) is 13.1. The molecule has 1 unspecified atom stereocenters. The van der Waals surface area contributed by atoms with Crippen LogP contribution in [-0.4, -0.2) is 21.4 Å². The predicted molar refractivity (Wildman–Crippen MR) is 73.4 cm³/mol. The Bertz CT molecular complexity index is 537. The molecular weight excluding hydrogens is 224 g/mol. The van der Waals surface area contributed by atoms with Gasteiger partial charge in [0.25, 0.3) is 0 Å². The van der Waals surface area contributed by atoms with Crippen molar-refractivity contribution in [2.45, 2.75) is 39.7 Å².